The summed E-state index contributed by atoms with van der Waals surface area (Å²) in [6.45, 7) is 0.193. The molecule has 114 valence electrons. The van der Waals surface area contributed by atoms with Crippen molar-refractivity contribution in [2.45, 2.75) is 18.6 Å². The molecule has 0 bridgehead atoms. The molecule has 2 amide bonds. The molecule has 2 atom stereocenters. The minimum absolute atomic E-state index is 0.185. The Labute approximate surface area is 131 Å². The Hall–Kier alpha value is -1.34. The second-order valence-electron chi connectivity index (χ2n) is 4.74. The number of amides is 2. The number of benzene rings is 1. The van der Waals surface area contributed by atoms with Crippen molar-refractivity contribution < 1.29 is 14.7 Å². The summed E-state index contributed by atoms with van der Waals surface area (Å²) < 4.78 is 0. The molecule has 0 aliphatic carbocycles. The summed E-state index contributed by atoms with van der Waals surface area (Å²) in [4.78, 5) is 23.5. The molecule has 4 N–H and O–H groups in total. The molecular formula is C13H15Cl2N3O3. The summed E-state index contributed by atoms with van der Waals surface area (Å²) in [7, 11) is 0. The van der Waals surface area contributed by atoms with Crippen LogP contribution >= 0.6 is 23.2 Å². The minimum Gasteiger partial charge on any atom is -0.392 e. The third kappa shape index (κ3) is 4.57. The molecule has 1 saturated heterocycles. The minimum atomic E-state index is -0.528. The number of hydrogen-bond acceptors (Lipinski definition) is 4. The standard InChI is InChI=1S/C13H15Cl2N3O3/c14-7-1-2-9(15)10(3-7)18-12(20)6-17-13(21)11-4-8(19)5-16-11/h1-3,8,11,16,19H,4-6H2,(H,17,21)(H,18,20)/t8-,11+/m0/s1. The second-order valence-corrected chi connectivity index (χ2v) is 5.58. The number of carbonyl (C=O) groups excluding carboxylic acids is 2. The lowest BCUT2D eigenvalue weighted by atomic mass is 10.2. The Kier molecular flexibility index (Phi) is 5.41. The number of nitrogens with one attached hydrogen (secondary N) is 3. The number of halogens is 2. The van der Waals surface area contributed by atoms with Gasteiger partial charge in [-0.1, -0.05) is 23.2 Å². The summed E-state index contributed by atoms with van der Waals surface area (Å²) in [5, 5.41) is 18.1. The van der Waals surface area contributed by atoms with Crippen LogP contribution in [0.4, 0.5) is 5.69 Å². The van der Waals surface area contributed by atoms with E-state index in [9.17, 15) is 14.7 Å². The molecular weight excluding hydrogens is 317 g/mol. The molecule has 0 saturated carbocycles. The number of hydrogen-bond donors (Lipinski definition) is 4. The second kappa shape index (κ2) is 7.09. The van der Waals surface area contributed by atoms with Crippen molar-refractivity contribution in [1.82, 2.24) is 10.6 Å². The van der Waals surface area contributed by atoms with Crippen LogP contribution in [0.3, 0.4) is 0 Å². The zero-order valence-corrected chi connectivity index (χ0v) is 12.5. The van der Waals surface area contributed by atoms with Gasteiger partial charge >= 0.3 is 0 Å². The van der Waals surface area contributed by atoms with E-state index in [2.05, 4.69) is 16.0 Å². The summed E-state index contributed by atoms with van der Waals surface area (Å²) >= 11 is 11.7. The lowest BCUT2D eigenvalue weighted by molar-refractivity contribution is -0.125. The topological polar surface area (TPSA) is 90.5 Å². The van der Waals surface area contributed by atoms with Gasteiger partial charge in [-0.25, -0.2) is 0 Å². The Morgan fingerprint density at radius 3 is 2.81 bits per heavy atom. The molecule has 1 aliphatic rings. The van der Waals surface area contributed by atoms with E-state index in [1.54, 1.807) is 12.1 Å². The van der Waals surface area contributed by atoms with E-state index in [1.165, 1.54) is 6.07 Å². The van der Waals surface area contributed by atoms with Crippen LogP contribution < -0.4 is 16.0 Å². The molecule has 0 spiro atoms. The van der Waals surface area contributed by atoms with Gasteiger partial charge in [-0.3, -0.25) is 9.59 Å². The van der Waals surface area contributed by atoms with E-state index < -0.39 is 18.1 Å². The largest absolute Gasteiger partial charge is 0.392 e. The highest BCUT2D eigenvalue weighted by atomic mass is 35.5. The van der Waals surface area contributed by atoms with Crippen LogP contribution in [0.25, 0.3) is 0 Å². The molecule has 1 heterocycles. The van der Waals surface area contributed by atoms with Crippen molar-refractivity contribution in [2.24, 2.45) is 0 Å². The van der Waals surface area contributed by atoms with Gasteiger partial charge in [0.25, 0.3) is 0 Å². The number of β-amino-alcohol motifs (C(OH)–C–C–N with tert-alkyl or cyclic N) is 1. The van der Waals surface area contributed by atoms with Crippen molar-refractivity contribution in [1.29, 1.82) is 0 Å². The first-order valence-corrected chi connectivity index (χ1v) is 7.15. The van der Waals surface area contributed by atoms with Gasteiger partial charge in [-0.2, -0.15) is 0 Å². The van der Waals surface area contributed by atoms with Gasteiger partial charge in [-0.15, -0.1) is 0 Å². The first kappa shape index (κ1) is 16.0. The van der Waals surface area contributed by atoms with Crippen LogP contribution in [0.5, 0.6) is 0 Å². The quantitative estimate of drug-likeness (QED) is 0.656. The first-order valence-electron chi connectivity index (χ1n) is 6.40. The number of anilines is 1. The molecule has 0 radical (unpaired) electrons. The zero-order valence-electron chi connectivity index (χ0n) is 11.0. The van der Waals surface area contributed by atoms with E-state index in [4.69, 9.17) is 23.2 Å². The van der Waals surface area contributed by atoms with Crippen molar-refractivity contribution in [3.63, 3.8) is 0 Å². The van der Waals surface area contributed by atoms with Gasteiger partial charge in [-0.05, 0) is 24.6 Å². The van der Waals surface area contributed by atoms with Crippen LogP contribution in [0.1, 0.15) is 6.42 Å². The predicted octanol–water partition coefficient (Wildman–Crippen LogP) is 0.771. The van der Waals surface area contributed by atoms with E-state index in [0.29, 0.717) is 28.7 Å². The van der Waals surface area contributed by atoms with Gasteiger partial charge in [0.1, 0.15) is 0 Å². The Bertz CT molecular complexity index is 553. The monoisotopic (exact) mass is 331 g/mol. The van der Waals surface area contributed by atoms with Crippen LogP contribution in [0.15, 0.2) is 18.2 Å². The average Bonchev–Trinajstić information content (AvgIpc) is 2.87. The van der Waals surface area contributed by atoms with Crippen LogP contribution in [-0.4, -0.2) is 42.2 Å². The highest BCUT2D eigenvalue weighted by Gasteiger charge is 2.27. The Balaban J connectivity index is 1.82. The highest BCUT2D eigenvalue weighted by Crippen LogP contribution is 2.25. The van der Waals surface area contributed by atoms with Gasteiger partial charge in [0.15, 0.2) is 0 Å². The molecule has 1 fully saturated rings. The maximum atomic E-state index is 11.8. The maximum absolute atomic E-state index is 11.8. The fraction of sp³-hybridized carbons (Fsp3) is 0.385. The van der Waals surface area contributed by atoms with E-state index in [0.717, 1.165) is 0 Å². The normalized spacial score (nSPS) is 21.1. The van der Waals surface area contributed by atoms with Crippen molar-refractivity contribution in [3.05, 3.63) is 28.2 Å². The fourth-order valence-corrected chi connectivity index (χ4v) is 2.33. The SMILES string of the molecule is O=C(CNC(=O)[C@H]1C[C@H](O)CN1)Nc1cc(Cl)ccc1Cl. The predicted molar refractivity (Wildman–Crippen MR) is 80.5 cm³/mol. The number of rotatable bonds is 4. The summed E-state index contributed by atoms with van der Waals surface area (Å²) in [6, 6.07) is 4.24. The first-order chi connectivity index (χ1) is 9.95. The summed E-state index contributed by atoms with van der Waals surface area (Å²) in [6.07, 6.45) is -0.187. The molecule has 1 aromatic rings. The molecule has 1 aliphatic heterocycles. The zero-order chi connectivity index (χ0) is 15.4. The summed E-state index contributed by atoms with van der Waals surface area (Å²) in [5.41, 5.74) is 0.387. The Morgan fingerprint density at radius 1 is 1.38 bits per heavy atom. The summed E-state index contributed by atoms with van der Waals surface area (Å²) in [5.74, 6) is -0.732. The van der Waals surface area contributed by atoms with Gasteiger partial charge in [0.2, 0.25) is 11.8 Å². The van der Waals surface area contributed by atoms with Crippen LogP contribution in [-0.2, 0) is 9.59 Å². The smallest absolute Gasteiger partial charge is 0.243 e. The van der Waals surface area contributed by atoms with Gasteiger partial charge in [0, 0.05) is 11.6 Å². The molecule has 0 unspecified atom stereocenters. The Morgan fingerprint density at radius 2 is 2.14 bits per heavy atom. The third-order valence-electron chi connectivity index (χ3n) is 3.05. The van der Waals surface area contributed by atoms with E-state index >= 15 is 0 Å². The van der Waals surface area contributed by atoms with E-state index in [1.807, 2.05) is 0 Å². The van der Waals surface area contributed by atoms with Crippen LogP contribution in [0.2, 0.25) is 10.0 Å². The maximum Gasteiger partial charge on any atom is 0.243 e. The van der Waals surface area contributed by atoms with Crippen LogP contribution in [0, 0.1) is 0 Å². The number of aliphatic hydroxyl groups excluding tert-OH is 1. The van der Waals surface area contributed by atoms with Gasteiger partial charge < -0.3 is 21.1 Å². The molecule has 8 heteroatoms. The molecule has 6 nitrogen and oxygen atoms in total. The molecule has 0 aromatic heterocycles. The van der Waals surface area contributed by atoms with E-state index in [-0.39, 0.29) is 12.5 Å². The van der Waals surface area contributed by atoms with Crippen molar-refractivity contribution in [3.8, 4) is 0 Å². The fourth-order valence-electron chi connectivity index (χ4n) is 2.00. The molecule has 2 rings (SSSR count). The van der Waals surface area contributed by atoms with Crippen molar-refractivity contribution in [2.75, 3.05) is 18.4 Å². The van der Waals surface area contributed by atoms with Crippen molar-refractivity contribution >= 4 is 40.7 Å². The molecule has 1 aromatic carbocycles. The van der Waals surface area contributed by atoms with Gasteiger partial charge in [0.05, 0.1) is 29.4 Å². The highest BCUT2D eigenvalue weighted by molar-refractivity contribution is 6.35. The third-order valence-corrected chi connectivity index (χ3v) is 3.61. The number of aliphatic hydroxyl groups is 1. The average molecular weight is 332 g/mol. The molecule has 21 heavy (non-hydrogen) atoms. The lowest BCUT2D eigenvalue weighted by Crippen LogP contribution is -2.43. The lowest BCUT2D eigenvalue weighted by Gasteiger charge is -2.12. The number of carbonyl (C=O) groups is 2.